The zero-order chi connectivity index (χ0) is 11.7. The summed E-state index contributed by atoms with van der Waals surface area (Å²) in [5, 5.41) is 0. The number of fused-ring (bicyclic) bond motifs is 3. The van der Waals surface area contributed by atoms with Crippen molar-refractivity contribution in [2.45, 2.75) is 19.4 Å². The van der Waals surface area contributed by atoms with Crippen molar-refractivity contribution in [1.82, 2.24) is 0 Å². The minimum absolute atomic E-state index is 0.583. The van der Waals surface area contributed by atoms with Crippen molar-refractivity contribution in [2.24, 2.45) is 0 Å². The van der Waals surface area contributed by atoms with Crippen LogP contribution in [0.1, 0.15) is 18.1 Å². The highest BCUT2D eigenvalue weighted by atomic mass is 16.6. The Bertz CT molecular complexity index is 483. The van der Waals surface area contributed by atoms with E-state index in [4.69, 9.17) is 4.74 Å². The molecule has 0 amide bonds. The minimum Gasteiger partial charge on any atom is -0.373 e. The fraction of sp³-hybridized carbons (Fsp3) is 0.250. The van der Waals surface area contributed by atoms with E-state index in [0.29, 0.717) is 6.10 Å². The zero-order valence-electron chi connectivity index (χ0n) is 10.0. The van der Waals surface area contributed by atoms with Gasteiger partial charge in [0.25, 0.3) is 0 Å². The van der Waals surface area contributed by atoms with Gasteiger partial charge in [0.2, 0.25) is 0 Å². The van der Waals surface area contributed by atoms with Crippen LogP contribution < -0.4 is 0 Å². The van der Waals surface area contributed by atoms with Crippen LogP contribution >= 0.6 is 0 Å². The van der Waals surface area contributed by atoms with Gasteiger partial charge in [0.05, 0.1) is 12.7 Å². The maximum atomic E-state index is 4.71. The van der Waals surface area contributed by atoms with Crippen LogP contribution in [-0.2, 0) is 11.2 Å². The topological polar surface area (TPSA) is 12.5 Å². The summed E-state index contributed by atoms with van der Waals surface area (Å²) in [6.45, 7) is 3.04. The van der Waals surface area contributed by atoms with Crippen LogP contribution in [-0.4, -0.2) is 12.7 Å². The van der Waals surface area contributed by atoms with Crippen LogP contribution in [0.2, 0.25) is 0 Å². The summed E-state index contributed by atoms with van der Waals surface area (Å²) in [7, 11) is 0. The molecule has 1 nitrogen and oxygen atoms in total. The van der Waals surface area contributed by atoms with E-state index in [9.17, 15) is 0 Å². The number of hydrogen-bond acceptors (Lipinski definition) is 1. The highest BCUT2D eigenvalue weighted by molar-refractivity contribution is 5.76. The third-order valence-corrected chi connectivity index (χ3v) is 3.21. The largest absolute Gasteiger partial charge is 0.373 e. The van der Waals surface area contributed by atoms with E-state index in [1.807, 2.05) is 0 Å². The van der Waals surface area contributed by atoms with Crippen LogP contribution in [0.5, 0.6) is 0 Å². The van der Waals surface area contributed by atoms with E-state index >= 15 is 0 Å². The van der Waals surface area contributed by atoms with E-state index in [1.54, 1.807) is 0 Å². The van der Waals surface area contributed by atoms with E-state index in [1.165, 1.54) is 22.3 Å². The second-order valence-corrected chi connectivity index (χ2v) is 4.64. The molecule has 4 rings (SSSR count). The predicted octanol–water partition coefficient (Wildman–Crippen LogP) is 3.66. The molecule has 1 heteroatoms. The zero-order valence-corrected chi connectivity index (χ0v) is 10.0. The van der Waals surface area contributed by atoms with Crippen molar-refractivity contribution in [3.63, 3.8) is 0 Å². The monoisotopic (exact) mass is 224 g/mol. The van der Waals surface area contributed by atoms with Gasteiger partial charge in [-0.25, -0.2) is 0 Å². The molecule has 0 aromatic heterocycles. The van der Waals surface area contributed by atoms with Crippen molar-refractivity contribution < 1.29 is 4.74 Å². The maximum Gasteiger partial charge on any atom is 0.0781 e. The van der Waals surface area contributed by atoms with Gasteiger partial charge < -0.3 is 4.74 Å². The average molecular weight is 224 g/mol. The van der Waals surface area contributed by atoms with E-state index in [-0.39, 0.29) is 0 Å². The average Bonchev–Trinajstić information content (AvgIpc) is 3.06. The molecule has 0 bridgehead atoms. The molecular weight excluding hydrogens is 208 g/mol. The molecule has 0 spiro atoms. The van der Waals surface area contributed by atoms with Gasteiger partial charge >= 0.3 is 0 Å². The first kappa shape index (κ1) is 10.5. The summed E-state index contributed by atoms with van der Waals surface area (Å²) in [6.07, 6.45) is 1.69. The molecule has 1 heterocycles. The van der Waals surface area contributed by atoms with Gasteiger partial charge in [-0.2, -0.15) is 0 Å². The fourth-order valence-electron chi connectivity index (χ4n) is 2.18. The van der Waals surface area contributed by atoms with Gasteiger partial charge in [-0.05, 0) is 35.6 Å². The van der Waals surface area contributed by atoms with E-state index < -0.39 is 0 Å². The minimum atomic E-state index is 0.583. The normalized spacial score (nSPS) is 18.8. The highest BCUT2D eigenvalue weighted by Gasteiger charge is 2.15. The van der Waals surface area contributed by atoms with Gasteiger partial charge in [0, 0.05) is 0 Å². The number of epoxide rings is 1. The molecule has 86 valence electrons. The molecule has 1 aliphatic carbocycles. The summed E-state index contributed by atoms with van der Waals surface area (Å²) in [5.74, 6) is 0. The third kappa shape index (κ3) is 2.25. The van der Waals surface area contributed by atoms with Crippen molar-refractivity contribution in [2.75, 3.05) is 6.61 Å². The summed E-state index contributed by atoms with van der Waals surface area (Å²) in [4.78, 5) is 0. The first-order chi connectivity index (χ1) is 8.34. The Labute approximate surface area is 102 Å². The Balaban J connectivity index is 0.000000193. The first-order valence-electron chi connectivity index (χ1n) is 6.12. The van der Waals surface area contributed by atoms with Gasteiger partial charge in [-0.15, -0.1) is 0 Å². The van der Waals surface area contributed by atoms with Crippen molar-refractivity contribution in [1.29, 1.82) is 0 Å². The summed E-state index contributed by atoms with van der Waals surface area (Å²) in [6, 6.07) is 17.3. The summed E-state index contributed by atoms with van der Waals surface area (Å²) in [5.41, 5.74) is 5.75. The van der Waals surface area contributed by atoms with Gasteiger partial charge in [-0.3, -0.25) is 0 Å². The molecule has 0 saturated carbocycles. The Morgan fingerprint density at radius 1 is 0.882 bits per heavy atom. The number of ether oxygens (including phenoxy) is 1. The molecule has 17 heavy (non-hydrogen) atoms. The molecule has 1 saturated heterocycles. The molecule has 1 aliphatic heterocycles. The molecule has 0 radical (unpaired) electrons. The molecule has 0 N–H and O–H groups in total. The van der Waals surface area contributed by atoms with Crippen molar-refractivity contribution in [3.8, 4) is 11.1 Å². The van der Waals surface area contributed by atoms with Crippen molar-refractivity contribution >= 4 is 0 Å². The Kier molecular flexibility index (Phi) is 2.69. The molecule has 1 fully saturated rings. The van der Waals surface area contributed by atoms with Crippen LogP contribution in [0, 0.1) is 0 Å². The Morgan fingerprint density at radius 2 is 1.29 bits per heavy atom. The maximum absolute atomic E-state index is 4.71. The van der Waals surface area contributed by atoms with Crippen molar-refractivity contribution in [3.05, 3.63) is 59.7 Å². The Morgan fingerprint density at radius 3 is 1.71 bits per heavy atom. The second-order valence-electron chi connectivity index (χ2n) is 4.64. The highest BCUT2D eigenvalue weighted by Crippen LogP contribution is 2.35. The lowest BCUT2D eigenvalue weighted by atomic mass is 10.1. The standard InChI is InChI=1S/C13H10.C3H6O/c1-3-7-12-10(5-1)9-11-6-2-4-8-13(11)12;1-3-2-4-3/h1-8H,9H2;3H,2H2,1H3. The first-order valence-corrected chi connectivity index (χ1v) is 6.12. The lowest BCUT2D eigenvalue weighted by Crippen LogP contribution is -1.77. The second kappa shape index (κ2) is 4.34. The Hall–Kier alpha value is -1.60. The molecule has 1 unspecified atom stereocenters. The SMILES string of the molecule is CC1CO1.c1ccc2c(c1)Cc1ccccc1-2. The molecule has 1 atom stereocenters. The lowest BCUT2D eigenvalue weighted by molar-refractivity contribution is 0.423. The molecule has 2 aromatic carbocycles. The third-order valence-electron chi connectivity index (χ3n) is 3.21. The molecule has 2 aliphatic rings. The quantitative estimate of drug-likeness (QED) is 0.531. The number of rotatable bonds is 0. The van der Waals surface area contributed by atoms with Gasteiger partial charge in [0.1, 0.15) is 0 Å². The fourth-order valence-corrected chi connectivity index (χ4v) is 2.18. The van der Waals surface area contributed by atoms with Gasteiger partial charge in [-0.1, -0.05) is 48.5 Å². The lowest BCUT2D eigenvalue weighted by Gasteiger charge is -1.98. The van der Waals surface area contributed by atoms with E-state index in [0.717, 1.165) is 13.0 Å². The van der Waals surface area contributed by atoms with Crippen LogP contribution in [0.4, 0.5) is 0 Å². The number of benzene rings is 2. The van der Waals surface area contributed by atoms with Crippen LogP contribution in [0.3, 0.4) is 0 Å². The summed E-state index contributed by atoms with van der Waals surface area (Å²) >= 11 is 0. The van der Waals surface area contributed by atoms with Crippen LogP contribution in [0.25, 0.3) is 11.1 Å². The van der Waals surface area contributed by atoms with Gasteiger partial charge in [0.15, 0.2) is 0 Å². The van der Waals surface area contributed by atoms with E-state index in [2.05, 4.69) is 55.5 Å². The van der Waals surface area contributed by atoms with Crippen LogP contribution in [0.15, 0.2) is 48.5 Å². The molecular formula is C16H16O. The molecule has 2 aromatic rings. The summed E-state index contributed by atoms with van der Waals surface area (Å²) < 4.78 is 4.71. The predicted molar refractivity (Wildman–Crippen MR) is 70.1 cm³/mol. The number of hydrogen-bond donors (Lipinski definition) is 0. The smallest absolute Gasteiger partial charge is 0.0781 e.